The maximum atomic E-state index is 13.5. The zero-order chi connectivity index (χ0) is 15.1. The molecule has 0 radical (unpaired) electrons. The van der Waals surface area contributed by atoms with E-state index in [2.05, 4.69) is 31.9 Å². The average Bonchev–Trinajstić information content (AvgIpc) is 2.71. The first-order chi connectivity index (χ1) is 9.95. The van der Waals surface area contributed by atoms with E-state index in [1.54, 1.807) is 13.1 Å². The summed E-state index contributed by atoms with van der Waals surface area (Å²) in [6.07, 6.45) is 0. The van der Waals surface area contributed by atoms with Crippen molar-refractivity contribution in [2.45, 2.75) is 4.83 Å². The molecule has 21 heavy (non-hydrogen) atoms. The van der Waals surface area contributed by atoms with Crippen molar-refractivity contribution in [3.05, 3.63) is 68.4 Å². The van der Waals surface area contributed by atoms with E-state index in [4.69, 9.17) is 4.42 Å². The third-order valence-corrected chi connectivity index (χ3v) is 4.80. The molecule has 0 saturated heterocycles. The van der Waals surface area contributed by atoms with Gasteiger partial charge in [-0.2, -0.15) is 0 Å². The Morgan fingerprint density at radius 1 is 1.19 bits per heavy atom. The molecule has 3 aromatic rings. The largest absolute Gasteiger partial charge is 0.419 e. The van der Waals surface area contributed by atoms with Crippen LogP contribution in [-0.4, -0.2) is 4.57 Å². The van der Waals surface area contributed by atoms with Crippen molar-refractivity contribution in [1.29, 1.82) is 0 Å². The summed E-state index contributed by atoms with van der Waals surface area (Å²) in [7, 11) is 1.66. The monoisotopic (exact) mass is 413 g/mol. The van der Waals surface area contributed by atoms with Gasteiger partial charge < -0.3 is 4.42 Å². The lowest BCUT2D eigenvalue weighted by molar-refractivity contribution is 0.528. The van der Waals surface area contributed by atoms with E-state index in [0.29, 0.717) is 10.1 Å². The second-order valence-electron chi connectivity index (χ2n) is 4.72. The fourth-order valence-corrected chi connectivity index (χ4v) is 3.25. The van der Waals surface area contributed by atoms with Gasteiger partial charge >= 0.3 is 5.76 Å². The third kappa shape index (κ3) is 2.70. The molecular weight excluding hydrogens is 405 g/mol. The van der Waals surface area contributed by atoms with Crippen LogP contribution in [0, 0.1) is 5.82 Å². The predicted octanol–water partition coefficient (Wildman–Crippen LogP) is 4.52. The van der Waals surface area contributed by atoms with Crippen molar-refractivity contribution in [3.63, 3.8) is 0 Å². The highest BCUT2D eigenvalue weighted by atomic mass is 79.9. The highest BCUT2D eigenvalue weighted by molar-refractivity contribution is 9.10. The minimum absolute atomic E-state index is 0.195. The second kappa shape index (κ2) is 5.42. The third-order valence-electron chi connectivity index (χ3n) is 3.29. The first-order valence-electron chi connectivity index (χ1n) is 6.15. The maximum absolute atomic E-state index is 13.5. The number of oxazole rings is 1. The lowest BCUT2D eigenvalue weighted by Gasteiger charge is -2.11. The summed E-state index contributed by atoms with van der Waals surface area (Å²) in [6.45, 7) is 0. The van der Waals surface area contributed by atoms with Crippen LogP contribution in [0.4, 0.5) is 4.39 Å². The molecule has 0 N–H and O–H groups in total. The molecule has 0 fully saturated rings. The molecule has 6 heteroatoms. The number of fused-ring (bicyclic) bond motifs is 1. The van der Waals surface area contributed by atoms with Crippen LogP contribution < -0.4 is 5.76 Å². The normalized spacial score (nSPS) is 12.8. The highest BCUT2D eigenvalue weighted by Gasteiger charge is 2.15. The van der Waals surface area contributed by atoms with Crippen LogP contribution in [0.2, 0.25) is 0 Å². The van der Waals surface area contributed by atoms with E-state index >= 15 is 0 Å². The molecule has 108 valence electrons. The second-order valence-corrected chi connectivity index (χ2v) is 6.55. The Labute approximate surface area is 136 Å². The van der Waals surface area contributed by atoms with Crippen molar-refractivity contribution >= 4 is 43.0 Å². The highest BCUT2D eigenvalue weighted by Crippen LogP contribution is 2.34. The van der Waals surface area contributed by atoms with Crippen LogP contribution in [0.1, 0.15) is 16.0 Å². The van der Waals surface area contributed by atoms with Crippen LogP contribution in [0.3, 0.4) is 0 Å². The number of rotatable bonds is 2. The number of benzene rings is 2. The minimum atomic E-state index is -0.401. The van der Waals surface area contributed by atoms with Crippen molar-refractivity contribution in [2.75, 3.05) is 0 Å². The van der Waals surface area contributed by atoms with Crippen molar-refractivity contribution < 1.29 is 8.81 Å². The van der Waals surface area contributed by atoms with Gasteiger partial charge in [0.25, 0.3) is 0 Å². The Balaban J connectivity index is 2.08. The lowest BCUT2D eigenvalue weighted by atomic mass is 10.0. The maximum Gasteiger partial charge on any atom is 0.419 e. The number of aromatic nitrogens is 1. The fraction of sp³-hybridized carbons (Fsp3) is 0.133. The van der Waals surface area contributed by atoms with Gasteiger partial charge in [-0.1, -0.05) is 37.9 Å². The van der Waals surface area contributed by atoms with Gasteiger partial charge in [0.15, 0.2) is 5.58 Å². The molecule has 0 amide bonds. The molecule has 3 nitrogen and oxygen atoms in total. The van der Waals surface area contributed by atoms with Gasteiger partial charge in [0.1, 0.15) is 5.82 Å². The Morgan fingerprint density at radius 3 is 2.67 bits per heavy atom. The van der Waals surface area contributed by atoms with Crippen LogP contribution in [0.15, 0.2) is 50.1 Å². The van der Waals surface area contributed by atoms with E-state index in [9.17, 15) is 9.18 Å². The standard InChI is InChI=1S/C15H10Br2FNO2/c1-19-12-3-2-8(6-13(12)21-15(19)20)14(17)9-4-10(16)7-11(18)5-9/h2-7,14H,1H3. The van der Waals surface area contributed by atoms with Gasteiger partial charge in [-0.05, 0) is 41.5 Å². The number of hydrogen-bond donors (Lipinski definition) is 0. The summed E-state index contributed by atoms with van der Waals surface area (Å²) in [5.74, 6) is -0.710. The Kier molecular flexibility index (Phi) is 3.75. The fourth-order valence-electron chi connectivity index (χ4n) is 2.22. The van der Waals surface area contributed by atoms with Gasteiger partial charge in [0, 0.05) is 11.5 Å². The number of nitrogens with zero attached hydrogens (tertiary/aromatic N) is 1. The molecule has 1 heterocycles. The van der Waals surface area contributed by atoms with Gasteiger partial charge in [-0.25, -0.2) is 9.18 Å². The molecule has 0 bridgehead atoms. The Morgan fingerprint density at radius 2 is 1.95 bits per heavy atom. The zero-order valence-electron chi connectivity index (χ0n) is 10.9. The molecule has 0 aliphatic carbocycles. The van der Waals surface area contributed by atoms with Crippen LogP contribution in [-0.2, 0) is 7.05 Å². The van der Waals surface area contributed by atoms with E-state index in [1.807, 2.05) is 18.2 Å². The molecule has 0 spiro atoms. The van der Waals surface area contributed by atoms with Gasteiger partial charge in [-0.3, -0.25) is 4.57 Å². The van der Waals surface area contributed by atoms with Crippen molar-refractivity contribution in [2.24, 2.45) is 7.05 Å². The molecule has 1 unspecified atom stereocenters. The van der Waals surface area contributed by atoms with Crippen LogP contribution >= 0.6 is 31.9 Å². The summed E-state index contributed by atoms with van der Waals surface area (Å²) in [5, 5.41) is 0. The molecule has 1 atom stereocenters. The molecule has 0 saturated carbocycles. The Bertz CT molecular complexity index is 865. The van der Waals surface area contributed by atoms with Gasteiger partial charge in [0.2, 0.25) is 0 Å². The summed E-state index contributed by atoms with van der Waals surface area (Å²) >= 11 is 6.84. The first-order valence-corrected chi connectivity index (χ1v) is 7.86. The van der Waals surface area contributed by atoms with E-state index in [1.165, 1.54) is 16.7 Å². The topological polar surface area (TPSA) is 35.1 Å². The molecular formula is C15H10Br2FNO2. The number of halogens is 3. The van der Waals surface area contributed by atoms with Crippen molar-refractivity contribution in [3.8, 4) is 0 Å². The number of hydrogen-bond acceptors (Lipinski definition) is 2. The summed E-state index contributed by atoms with van der Waals surface area (Å²) in [5.41, 5.74) is 2.90. The summed E-state index contributed by atoms with van der Waals surface area (Å²) in [4.78, 5) is 11.3. The molecule has 2 aromatic carbocycles. The van der Waals surface area contributed by atoms with E-state index in [-0.39, 0.29) is 10.6 Å². The Hall–Kier alpha value is -1.40. The summed E-state index contributed by atoms with van der Waals surface area (Å²) in [6, 6.07) is 10.2. The van der Waals surface area contributed by atoms with Crippen LogP contribution in [0.25, 0.3) is 11.1 Å². The molecule has 0 aliphatic heterocycles. The van der Waals surface area contributed by atoms with E-state index in [0.717, 1.165) is 16.6 Å². The SMILES string of the molecule is Cn1c(=O)oc2cc(C(Br)c3cc(F)cc(Br)c3)ccc21. The molecule has 1 aromatic heterocycles. The first kappa shape index (κ1) is 14.5. The van der Waals surface area contributed by atoms with Crippen LogP contribution in [0.5, 0.6) is 0 Å². The number of aryl methyl sites for hydroxylation is 1. The van der Waals surface area contributed by atoms with Gasteiger partial charge in [0.05, 0.1) is 10.3 Å². The summed E-state index contributed by atoms with van der Waals surface area (Å²) < 4.78 is 20.8. The smallest absolute Gasteiger partial charge is 0.408 e. The molecule has 3 rings (SSSR count). The van der Waals surface area contributed by atoms with Crippen molar-refractivity contribution in [1.82, 2.24) is 4.57 Å². The van der Waals surface area contributed by atoms with Gasteiger partial charge in [-0.15, -0.1) is 0 Å². The minimum Gasteiger partial charge on any atom is -0.408 e. The lowest BCUT2D eigenvalue weighted by Crippen LogP contribution is -2.08. The number of alkyl halides is 1. The zero-order valence-corrected chi connectivity index (χ0v) is 14.1. The quantitative estimate of drug-likeness (QED) is 0.578. The average molecular weight is 415 g/mol. The molecule has 0 aliphatic rings. The van der Waals surface area contributed by atoms with E-state index < -0.39 is 5.76 Å². The predicted molar refractivity (Wildman–Crippen MR) is 86.3 cm³/mol.